The van der Waals surface area contributed by atoms with Crippen LogP contribution in [0.2, 0.25) is 0 Å². The zero-order valence-electron chi connectivity index (χ0n) is 18.0. The molecule has 0 unspecified atom stereocenters. The third-order valence-electron chi connectivity index (χ3n) is 4.76. The van der Waals surface area contributed by atoms with Crippen LogP contribution in [0.15, 0.2) is 58.3 Å². The summed E-state index contributed by atoms with van der Waals surface area (Å²) < 4.78 is 1.52. The number of fused-ring (bicyclic) bond motifs is 1. The number of hydrogen-bond acceptors (Lipinski definition) is 9. The Morgan fingerprint density at radius 2 is 2.18 bits per heavy atom. The van der Waals surface area contributed by atoms with Crippen LogP contribution in [0, 0.1) is 10.1 Å². The first kappa shape index (κ1) is 23.8. The van der Waals surface area contributed by atoms with Gasteiger partial charge in [0.2, 0.25) is 5.91 Å². The van der Waals surface area contributed by atoms with Gasteiger partial charge in [-0.2, -0.15) is 0 Å². The number of aromatic nitrogens is 3. The number of nitrogens with zero attached hydrogens (tertiary/aromatic N) is 4. The molecule has 4 rings (SSSR count). The van der Waals surface area contributed by atoms with Gasteiger partial charge in [0.1, 0.15) is 4.83 Å². The highest BCUT2D eigenvalue weighted by Gasteiger charge is 2.16. The van der Waals surface area contributed by atoms with Gasteiger partial charge >= 0.3 is 0 Å². The second kappa shape index (κ2) is 10.3. The van der Waals surface area contributed by atoms with Crippen LogP contribution in [0.25, 0.3) is 21.5 Å². The summed E-state index contributed by atoms with van der Waals surface area (Å²) in [7, 11) is 0. The van der Waals surface area contributed by atoms with Crippen LogP contribution < -0.4 is 10.9 Å². The molecule has 0 aliphatic carbocycles. The maximum Gasteiger partial charge on any atom is 0.270 e. The van der Waals surface area contributed by atoms with E-state index in [0.717, 1.165) is 11.3 Å². The number of allylic oxidation sites excluding steroid dienone is 1. The van der Waals surface area contributed by atoms with E-state index in [2.05, 4.69) is 21.9 Å². The number of amides is 1. The highest BCUT2D eigenvalue weighted by atomic mass is 32.2. The standard InChI is InChI=1S/C22H19N5O4S3/c1-3-8-26-20(29)16-10-15(4-2)34-19(16)25-22(26)33-12-18(28)24-21-23-17(11-32-21)13-6-5-7-14(9-13)27(30)31/h3,5-7,9-11H,1,4,8,12H2,2H3,(H,23,24,28). The van der Waals surface area contributed by atoms with E-state index in [0.29, 0.717) is 38.3 Å². The number of nitro groups is 1. The first-order chi connectivity index (χ1) is 16.4. The predicted octanol–water partition coefficient (Wildman–Crippen LogP) is 4.97. The van der Waals surface area contributed by atoms with Crippen LogP contribution in [0.3, 0.4) is 0 Å². The van der Waals surface area contributed by atoms with Crippen LogP contribution in [0.4, 0.5) is 10.8 Å². The molecule has 1 amide bonds. The van der Waals surface area contributed by atoms with Gasteiger partial charge in [0.05, 0.1) is 21.8 Å². The van der Waals surface area contributed by atoms with Crippen LogP contribution in [0.1, 0.15) is 11.8 Å². The number of aryl methyl sites for hydroxylation is 1. The summed E-state index contributed by atoms with van der Waals surface area (Å²) in [6, 6.07) is 8.03. The number of benzene rings is 1. The highest BCUT2D eigenvalue weighted by Crippen LogP contribution is 2.28. The highest BCUT2D eigenvalue weighted by molar-refractivity contribution is 7.99. The molecule has 0 fully saturated rings. The lowest BCUT2D eigenvalue weighted by atomic mass is 10.1. The molecule has 0 aliphatic rings. The average Bonchev–Trinajstić information content (AvgIpc) is 3.47. The summed E-state index contributed by atoms with van der Waals surface area (Å²) in [4.78, 5) is 46.7. The van der Waals surface area contributed by atoms with E-state index in [-0.39, 0.29) is 22.9 Å². The van der Waals surface area contributed by atoms with Gasteiger partial charge < -0.3 is 5.32 Å². The molecule has 0 spiro atoms. The fourth-order valence-corrected chi connectivity index (χ4v) is 5.70. The smallest absolute Gasteiger partial charge is 0.270 e. The second-order valence-electron chi connectivity index (χ2n) is 7.07. The Balaban J connectivity index is 1.48. The largest absolute Gasteiger partial charge is 0.301 e. The molecule has 174 valence electrons. The Morgan fingerprint density at radius 3 is 2.91 bits per heavy atom. The van der Waals surface area contributed by atoms with Crippen molar-refractivity contribution < 1.29 is 9.72 Å². The minimum atomic E-state index is -0.466. The molecule has 3 heterocycles. The zero-order valence-corrected chi connectivity index (χ0v) is 20.5. The maximum absolute atomic E-state index is 12.9. The quantitative estimate of drug-likeness (QED) is 0.110. The Morgan fingerprint density at radius 1 is 1.35 bits per heavy atom. The lowest BCUT2D eigenvalue weighted by Crippen LogP contribution is -2.23. The van der Waals surface area contributed by atoms with E-state index >= 15 is 0 Å². The molecule has 34 heavy (non-hydrogen) atoms. The number of carbonyl (C=O) groups is 1. The molecule has 0 atom stereocenters. The number of non-ortho nitro benzene ring substituents is 1. The van der Waals surface area contributed by atoms with Gasteiger partial charge in [-0.25, -0.2) is 9.97 Å². The Bertz CT molecular complexity index is 1460. The number of nitrogens with one attached hydrogen (secondary N) is 1. The average molecular weight is 514 g/mol. The van der Waals surface area contributed by atoms with E-state index in [1.54, 1.807) is 23.6 Å². The number of carbonyl (C=O) groups excluding carboxylic acids is 1. The van der Waals surface area contributed by atoms with Crippen molar-refractivity contribution in [1.82, 2.24) is 14.5 Å². The van der Waals surface area contributed by atoms with Crippen molar-refractivity contribution in [1.29, 1.82) is 0 Å². The minimum Gasteiger partial charge on any atom is -0.301 e. The van der Waals surface area contributed by atoms with Crippen LogP contribution in [-0.4, -0.2) is 31.1 Å². The van der Waals surface area contributed by atoms with Gasteiger partial charge in [-0.3, -0.25) is 24.3 Å². The monoisotopic (exact) mass is 513 g/mol. The molecular weight excluding hydrogens is 494 g/mol. The summed E-state index contributed by atoms with van der Waals surface area (Å²) in [6.45, 7) is 6.03. The molecule has 1 aromatic carbocycles. The summed E-state index contributed by atoms with van der Waals surface area (Å²) in [5, 5.41) is 16.9. The molecule has 0 saturated carbocycles. The van der Waals surface area contributed by atoms with Gasteiger partial charge in [0, 0.05) is 34.5 Å². The SMILES string of the molecule is C=CCn1c(SCC(=O)Nc2nc(-c3cccc([N+](=O)[O-])c3)cs2)nc2sc(CC)cc2c1=O. The minimum absolute atomic E-state index is 0.0284. The van der Waals surface area contributed by atoms with Crippen molar-refractivity contribution in [2.75, 3.05) is 11.1 Å². The van der Waals surface area contributed by atoms with Crippen molar-refractivity contribution in [2.45, 2.75) is 25.0 Å². The maximum atomic E-state index is 12.9. The number of thioether (sulfide) groups is 1. The molecule has 9 nitrogen and oxygen atoms in total. The van der Waals surface area contributed by atoms with Gasteiger partial charge in [-0.1, -0.05) is 36.9 Å². The molecule has 0 saturated heterocycles. The van der Waals surface area contributed by atoms with Crippen molar-refractivity contribution in [3.05, 3.63) is 73.7 Å². The topological polar surface area (TPSA) is 120 Å². The zero-order chi connectivity index (χ0) is 24.2. The van der Waals surface area contributed by atoms with Crippen molar-refractivity contribution in [3.63, 3.8) is 0 Å². The summed E-state index contributed by atoms with van der Waals surface area (Å²) in [6.07, 6.45) is 2.44. The molecule has 1 N–H and O–H groups in total. The van der Waals surface area contributed by atoms with E-state index in [1.807, 2.05) is 13.0 Å². The predicted molar refractivity (Wildman–Crippen MR) is 137 cm³/mol. The Labute approximate surface area is 206 Å². The van der Waals surface area contributed by atoms with Crippen molar-refractivity contribution in [3.8, 4) is 11.3 Å². The van der Waals surface area contributed by atoms with Gasteiger partial charge in [-0.05, 0) is 12.5 Å². The third kappa shape index (κ3) is 5.08. The van der Waals surface area contributed by atoms with Crippen LogP contribution in [0.5, 0.6) is 0 Å². The molecule has 0 radical (unpaired) electrons. The summed E-state index contributed by atoms with van der Waals surface area (Å²) in [5.74, 6) is -0.267. The van der Waals surface area contributed by atoms with Gasteiger partial charge in [0.25, 0.3) is 11.2 Å². The summed E-state index contributed by atoms with van der Waals surface area (Å²) in [5.41, 5.74) is 0.950. The molecule has 0 bridgehead atoms. The molecule has 3 aromatic heterocycles. The lowest BCUT2D eigenvalue weighted by molar-refractivity contribution is -0.384. The molecule has 4 aromatic rings. The number of nitro benzene ring substituents is 1. The fourth-order valence-electron chi connectivity index (χ4n) is 3.15. The normalized spacial score (nSPS) is 11.0. The fraction of sp³-hybridized carbons (Fsp3) is 0.182. The van der Waals surface area contributed by atoms with E-state index in [4.69, 9.17) is 0 Å². The number of hydrogen-bond donors (Lipinski definition) is 1. The van der Waals surface area contributed by atoms with Gasteiger partial charge in [-0.15, -0.1) is 29.3 Å². The molecule has 0 aliphatic heterocycles. The molecular formula is C22H19N5O4S3. The third-order valence-corrected chi connectivity index (χ3v) is 7.67. The second-order valence-corrected chi connectivity index (χ2v) is 9.98. The summed E-state index contributed by atoms with van der Waals surface area (Å²) >= 11 is 3.87. The van der Waals surface area contributed by atoms with Crippen LogP contribution >= 0.6 is 34.4 Å². The van der Waals surface area contributed by atoms with Crippen LogP contribution in [-0.2, 0) is 17.8 Å². The molecule has 12 heteroatoms. The lowest BCUT2D eigenvalue weighted by Gasteiger charge is -2.09. The first-order valence-electron chi connectivity index (χ1n) is 10.2. The Hall–Kier alpha value is -3.35. The number of anilines is 1. The van der Waals surface area contributed by atoms with Crippen molar-refractivity contribution in [2.24, 2.45) is 0 Å². The van der Waals surface area contributed by atoms with Gasteiger partial charge in [0.15, 0.2) is 10.3 Å². The van der Waals surface area contributed by atoms with Crippen molar-refractivity contribution >= 4 is 61.4 Å². The number of thiazole rings is 1. The van der Waals surface area contributed by atoms with E-state index in [1.165, 1.54) is 51.1 Å². The number of rotatable bonds is 9. The Kier molecular flexibility index (Phi) is 7.20. The number of thiophene rings is 1. The van der Waals surface area contributed by atoms with E-state index in [9.17, 15) is 19.7 Å². The van der Waals surface area contributed by atoms with E-state index < -0.39 is 4.92 Å². The first-order valence-corrected chi connectivity index (χ1v) is 12.8.